The second-order valence-corrected chi connectivity index (χ2v) is 5.69. The van der Waals surface area contributed by atoms with Crippen LogP contribution in [0.25, 0.3) is 0 Å². The maximum atomic E-state index is 11.3. The Hall–Kier alpha value is -1.78. The van der Waals surface area contributed by atoms with Crippen molar-refractivity contribution in [3.8, 4) is 6.07 Å². The number of nitrogens with zero attached hydrogens (tertiary/aromatic N) is 2. The number of nitrogen functional groups attached to an aromatic ring is 1. The average molecular weight is 268 g/mol. The maximum Gasteiger partial charge on any atom is 0.238 e. The molecule has 0 aromatic heterocycles. The van der Waals surface area contributed by atoms with Crippen molar-refractivity contribution in [2.24, 2.45) is 5.14 Å². The number of benzene rings is 1. The second-order valence-electron chi connectivity index (χ2n) is 4.13. The molecule has 1 atom stereocenters. The van der Waals surface area contributed by atoms with Crippen molar-refractivity contribution in [2.75, 3.05) is 17.7 Å². The molecule has 6 nitrogen and oxygen atoms in total. The van der Waals surface area contributed by atoms with E-state index in [1.165, 1.54) is 12.1 Å². The van der Waals surface area contributed by atoms with Crippen LogP contribution in [0.3, 0.4) is 0 Å². The molecule has 0 heterocycles. The lowest BCUT2D eigenvalue weighted by Gasteiger charge is -2.25. The predicted octanol–water partition coefficient (Wildman–Crippen LogP) is 0.655. The summed E-state index contributed by atoms with van der Waals surface area (Å²) in [5, 5.41) is 13.7. The van der Waals surface area contributed by atoms with E-state index in [-0.39, 0.29) is 10.9 Å². The molecule has 18 heavy (non-hydrogen) atoms. The number of hydrogen-bond acceptors (Lipinski definition) is 5. The Morgan fingerprint density at radius 1 is 1.44 bits per heavy atom. The molecular weight excluding hydrogens is 252 g/mol. The monoisotopic (exact) mass is 268 g/mol. The first-order chi connectivity index (χ1) is 8.25. The minimum Gasteiger partial charge on any atom is -0.399 e. The molecule has 1 aromatic rings. The topological polar surface area (TPSA) is 113 Å². The van der Waals surface area contributed by atoms with Crippen LogP contribution in [-0.2, 0) is 10.0 Å². The first kappa shape index (κ1) is 14.3. The number of primary sulfonamides is 1. The number of nitriles is 1. The lowest BCUT2D eigenvalue weighted by Crippen LogP contribution is -2.28. The Labute approximate surface area is 107 Å². The van der Waals surface area contributed by atoms with E-state index in [9.17, 15) is 8.42 Å². The number of sulfonamides is 1. The smallest absolute Gasteiger partial charge is 0.238 e. The van der Waals surface area contributed by atoms with E-state index in [2.05, 4.69) is 6.07 Å². The van der Waals surface area contributed by atoms with E-state index in [0.29, 0.717) is 17.8 Å². The summed E-state index contributed by atoms with van der Waals surface area (Å²) in [5.74, 6) is 0. The maximum absolute atomic E-state index is 11.3. The zero-order valence-corrected chi connectivity index (χ0v) is 11.1. The Balaban J connectivity index is 3.19. The van der Waals surface area contributed by atoms with Gasteiger partial charge in [0.15, 0.2) is 0 Å². The Kier molecular flexibility index (Phi) is 4.16. The third kappa shape index (κ3) is 3.35. The van der Waals surface area contributed by atoms with Crippen LogP contribution in [0.4, 0.5) is 11.4 Å². The van der Waals surface area contributed by atoms with Crippen molar-refractivity contribution in [1.82, 2.24) is 0 Å². The van der Waals surface area contributed by atoms with Gasteiger partial charge in [-0.15, -0.1) is 0 Å². The zero-order chi connectivity index (χ0) is 13.9. The number of rotatable bonds is 4. The lowest BCUT2D eigenvalue weighted by atomic mass is 10.2. The Morgan fingerprint density at radius 3 is 2.56 bits per heavy atom. The molecule has 0 saturated carbocycles. The molecule has 0 saturated heterocycles. The van der Waals surface area contributed by atoms with Gasteiger partial charge in [-0.05, 0) is 25.1 Å². The molecule has 0 spiro atoms. The third-order valence-electron chi connectivity index (χ3n) is 2.70. The van der Waals surface area contributed by atoms with Crippen LogP contribution in [0.5, 0.6) is 0 Å². The Morgan fingerprint density at radius 2 is 2.06 bits per heavy atom. The molecule has 98 valence electrons. The second kappa shape index (κ2) is 5.25. The fraction of sp³-hybridized carbons (Fsp3) is 0.364. The normalized spacial score (nSPS) is 12.8. The minimum absolute atomic E-state index is 0.0338. The van der Waals surface area contributed by atoms with Gasteiger partial charge in [-0.1, -0.05) is 0 Å². The highest BCUT2D eigenvalue weighted by atomic mass is 32.2. The van der Waals surface area contributed by atoms with Crippen molar-refractivity contribution in [3.63, 3.8) is 0 Å². The van der Waals surface area contributed by atoms with E-state index in [0.717, 1.165) is 0 Å². The van der Waals surface area contributed by atoms with Gasteiger partial charge < -0.3 is 10.6 Å². The highest BCUT2D eigenvalue weighted by Gasteiger charge is 2.15. The molecule has 1 aromatic carbocycles. The van der Waals surface area contributed by atoms with Crippen molar-refractivity contribution in [2.45, 2.75) is 24.3 Å². The first-order valence-corrected chi connectivity index (χ1v) is 6.83. The summed E-state index contributed by atoms with van der Waals surface area (Å²) in [6.45, 7) is 1.86. The van der Waals surface area contributed by atoms with Gasteiger partial charge in [-0.2, -0.15) is 5.26 Å². The summed E-state index contributed by atoms with van der Waals surface area (Å²) in [6, 6.07) is 6.40. The van der Waals surface area contributed by atoms with Crippen LogP contribution in [0.15, 0.2) is 23.1 Å². The quantitative estimate of drug-likeness (QED) is 0.778. The van der Waals surface area contributed by atoms with Crippen molar-refractivity contribution in [1.29, 1.82) is 5.26 Å². The van der Waals surface area contributed by atoms with Gasteiger partial charge in [0.25, 0.3) is 0 Å². The van der Waals surface area contributed by atoms with Gasteiger partial charge in [0.2, 0.25) is 10.0 Å². The molecule has 0 aliphatic rings. The summed E-state index contributed by atoms with van der Waals surface area (Å²) >= 11 is 0. The summed E-state index contributed by atoms with van der Waals surface area (Å²) in [5.41, 5.74) is 6.58. The SMILES string of the molecule is CC(CC#N)N(C)c1cc(N)cc(S(N)(=O)=O)c1. The third-order valence-corrected chi connectivity index (χ3v) is 3.59. The van der Waals surface area contributed by atoms with Crippen LogP contribution in [0, 0.1) is 11.3 Å². The molecule has 0 fully saturated rings. The van der Waals surface area contributed by atoms with E-state index in [4.69, 9.17) is 16.1 Å². The standard InChI is InChI=1S/C11H16N4O2S/c1-8(3-4-12)15(2)10-5-9(13)6-11(7-10)18(14,16)17/h5-8H,3,13H2,1-2H3,(H2,14,16,17). The summed E-state index contributed by atoms with van der Waals surface area (Å²) in [7, 11) is -2.02. The van der Waals surface area contributed by atoms with Crippen molar-refractivity contribution >= 4 is 21.4 Å². The molecule has 0 aliphatic heterocycles. The molecule has 0 aliphatic carbocycles. The van der Waals surface area contributed by atoms with Crippen LogP contribution in [0.1, 0.15) is 13.3 Å². The van der Waals surface area contributed by atoms with Crippen LogP contribution in [-0.4, -0.2) is 21.5 Å². The largest absolute Gasteiger partial charge is 0.399 e. The fourth-order valence-electron chi connectivity index (χ4n) is 1.50. The average Bonchev–Trinajstić information content (AvgIpc) is 2.26. The molecule has 0 radical (unpaired) electrons. The fourth-order valence-corrected chi connectivity index (χ4v) is 2.08. The van der Waals surface area contributed by atoms with Gasteiger partial charge in [-0.25, -0.2) is 13.6 Å². The summed E-state index contributed by atoms with van der Waals surface area (Å²) < 4.78 is 22.6. The molecule has 1 unspecified atom stereocenters. The van der Waals surface area contributed by atoms with Crippen molar-refractivity contribution < 1.29 is 8.42 Å². The molecule has 7 heteroatoms. The van der Waals surface area contributed by atoms with Crippen LogP contribution >= 0.6 is 0 Å². The lowest BCUT2D eigenvalue weighted by molar-refractivity contribution is 0.597. The minimum atomic E-state index is -3.79. The predicted molar refractivity (Wildman–Crippen MR) is 70.3 cm³/mol. The molecular formula is C11H16N4O2S. The molecule has 0 amide bonds. The van der Waals surface area contributed by atoms with Gasteiger partial charge in [0.1, 0.15) is 0 Å². The molecule has 4 N–H and O–H groups in total. The summed E-state index contributed by atoms with van der Waals surface area (Å²) in [6.07, 6.45) is 0.329. The number of hydrogen-bond donors (Lipinski definition) is 2. The number of nitrogens with two attached hydrogens (primary N) is 2. The first-order valence-electron chi connectivity index (χ1n) is 5.29. The van der Waals surface area contributed by atoms with Gasteiger partial charge in [-0.3, -0.25) is 0 Å². The molecule has 0 bridgehead atoms. The van der Waals surface area contributed by atoms with Crippen molar-refractivity contribution in [3.05, 3.63) is 18.2 Å². The van der Waals surface area contributed by atoms with E-state index in [1.54, 1.807) is 18.0 Å². The van der Waals surface area contributed by atoms with E-state index < -0.39 is 10.0 Å². The zero-order valence-electron chi connectivity index (χ0n) is 10.3. The van der Waals surface area contributed by atoms with Gasteiger partial charge in [0, 0.05) is 24.5 Å². The van der Waals surface area contributed by atoms with Gasteiger partial charge >= 0.3 is 0 Å². The van der Waals surface area contributed by atoms with E-state index >= 15 is 0 Å². The number of anilines is 2. The van der Waals surface area contributed by atoms with Crippen LogP contribution < -0.4 is 15.8 Å². The van der Waals surface area contributed by atoms with Crippen LogP contribution in [0.2, 0.25) is 0 Å². The highest BCUT2D eigenvalue weighted by Crippen LogP contribution is 2.24. The summed E-state index contributed by atoms with van der Waals surface area (Å²) in [4.78, 5) is 1.75. The molecule has 1 rings (SSSR count). The highest BCUT2D eigenvalue weighted by molar-refractivity contribution is 7.89. The van der Waals surface area contributed by atoms with E-state index in [1.807, 2.05) is 6.92 Å². The van der Waals surface area contributed by atoms with Gasteiger partial charge in [0.05, 0.1) is 17.4 Å². The Bertz CT molecular complexity index is 577.